The Balaban J connectivity index is 2.04. The summed E-state index contributed by atoms with van der Waals surface area (Å²) in [5.41, 5.74) is 3.92. The fourth-order valence-electron chi connectivity index (χ4n) is 2.27. The van der Waals surface area contributed by atoms with Crippen molar-refractivity contribution in [2.45, 2.75) is 32.9 Å². The maximum Gasteiger partial charge on any atom is 0.0453 e. The molecule has 2 rings (SSSR count). The molecule has 1 nitrogen and oxygen atoms in total. The van der Waals surface area contributed by atoms with E-state index in [1.165, 1.54) is 11.1 Å². The highest BCUT2D eigenvalue weighted by atomic mass is 35.5. The van der Waals surface area contributed by atoms with E-state index in [2.05, 4.69) is 49.5 Å². The Bertz CT molecular complexity index is 536. The average Bonchev–Trinajstić information content (AvgIpc) is 2.45. The van der Waals surface area contributed by atoms with Gasteiger partial charge in [0.2, 0.25) is 0 Å². The predicted molar refractivity (Wildman–Crippen MR) is 82.5 cm³/mol. The van der Waals surface area contributed by atoms with Crippen LogP contribution >= 0.6 is 11.6 Å². The van der Waals surface area contributed by atoms with E-state index < -0.39 is 0 Å². The van der Waals surface area contributed by atoms with Crippen molar-refractivity contribution >= 4 is 11.6 Å². The summed E-state index contributed by atoms with van der Waals surface area (Å²) in [6.45, 7) is 5.21. The zero-order valence-corrected chi connectivity index (χ0v) is 12.2. The van der Waals surface area contributed by atoms with Crippen molar-refractivity contribution in [3.8, 4) is 0 Å². The molecule has 100 valence electrons. The molecule has 0 saturated carbocycles. The van der Waals surface area contributed by atoms with Crippen LogP contribution in [0, 0.1) is 0 Å². The molecule has 1 N–H and O–H groups in total. The minimum absolute atomic E-state index is 0.249. The van der Waals surface area contributed by atoms with E-state index in [0.29, 0.717) is 0 Å². The van der Waals surface area contributed by atoms with Crippen LogP contribution in [0.2, 0.25) is 5.02 Å². The highest BCUT2D eigenvalue weighted by Crippen LogP contribution is 2.22. The largest absolute Gasteiger partial charge is 0.306 e. The van der Waals surface area contributed by atoms with Crippen molar-refractivity contribution < 1.29 is 0 Å². The van der Waals surface area contributed by atoms with Crippen LogP contribution in [0.3, 0.4) is 0 Å². The molecular formula is C17H20ClN. The minimum atomic E-state index is 0.249. The molecule has 2 aromatic rings. The molecule has 1 atom stereocenters. The maximum absolute atomic E-state index is 6.22. The molecule has 0 bridgehead atoms. The van der Waals surface area contributed by atoms with E-state index in [-0.39, 0.29) is 6.04 Å². The van der Waals surface area contributed by atoms with Gasteiger partial charge in [-0.05, 0) is 36.1 Å². The Hall–Kier alpha value is -1.31. The van der Waals surface area contributed by atoms with Crippen LogP contribution in [-0.2, 0) is 13.0 Å². The Labute approximate surface area is 120 Å². The molecule has 0 unspecified atom stereocenters. The summed E-state index contributed by atoms with van der Waals surface area (Å²) >= 11 is 6.22. The van der Waals surface area contributed by atoms with Crippen molar-refractivity contribution in [3.63, 3.8) is 0 Å². The van der Waals surface area contributed by atoms with Crippen molar-refractivity contribution in [2.75, 3.05) is 0 Å². The molecule has 0 amide bonds. The second-order valence-corrected chi connectivity index (χ2v) is 5.15. The summed E-state index contributed by atoms with van der Waals surface area (Å²) in [4.78, 5) is 0. The first kappa shape index (κ1) is 14.1. The van der Waals surface area contributed by atoms with E-state index in [4.69, 9.17) is 11.6 Å². The van der Waals surface area contributed by atoms with Gasteiger partial charge >= 0.3 is 0 Å². The van der Waals surface area contributed by atoms with Gasteiger partial charge in [0.15, 0.2) is 0 Å². The van der Waals surface area contributed by atoms with E-state index in [1.54, 1.807) is 0 Å². The van der Waals surface area contributed by atoms with Gasteiger partial charge in [0.05, 0.1) is 0 Å². The molecule has 0 saturated heterocycles. The van der Waals surface area contributed by atoms with Gasteiger partial charge in [-0.2, -0.15) is 0 Å². The molecule has 0 heterocycles. The van der Waals surface area contributed by atoms with Crippen LogP contribution in [-0.4, -0.2) is 0 Å². The van der Waals surface area contributed by atoms with E-state index >= 15 is 0 Å². The molecule has 0 aromatic heterocycles. The van der Waals surface area contributed by atoms with Gasteiger partial charge in [-0.15, -0.1) is 0 Å². The highest BCUT2D eigenvalue weighted by Gasteiger charge is 2.09. The Morgan fingerprint density at radius 2 is 1.63 bits per heavy atom. The summed E-state index contributed by atoms with van der Waals surface area (Å²) in [6.07, 6.45) is 1.07. The lowest BCUT2D eigenvalue weighted by atomic mass is 10.0. The van der Waals surface area contributed by atoms with Gasteiger partial charge in [-0.1, -0.05) is 61.0 Å². The van der Waals surface area contributed by atoms with Crippen LogP contribution < -0.4 is 5.32 Å². The molecule has 2 heteroatoms. The standard InChI is InChI=1S/C17H20ClN/c1-3-14-8-4-5-9-15(14)12-19-13(2)16-10-6-7-11-17(16)18/h4-11,13,19H,3,12H2,1-2H3/t13-/m1/s1. The zero-order valence-electron chi connectivity index (χ0n) is 11.5. The van der Waals surface area contributed by atoms with E-state index in [0.717, 1.165) is 23.6 Å². The smallest absolute Gasteiger partial charge is 0.0453 e. The maximum atomic E-state index is 6.22. The fourth-order valence-corrected chi connectivity index (χ4v) is 2.57. The second kappa shape index (κ2) is 6.74. The van der Waals surface area contributed by atoms with Crippen molar-refractivity contribution in [1.29, 1.82) is 0 Å². The number of nitrogens with one attached hydrogen (secondary N) is 1. The number of hydrogen-bond donors (Lipinski definition) is 1. The highest BCUT2D eigenvalue weighted by molar-refractivity contribution is 6.31. The summed E-state index contributed by atoms with van der Waals surface area (Å²) < 4.78 is 0. The third-order valence-electron chi connectivity index (χ3n) is 3.47. The van der Waals surface area contributed by atoms with Crippen LogP contribution in [0.1, 0.15) is 36.6 Å². The third kappa shape index (κ3) is 3.59. The normalized spacial score (nSPS) is 12.4. The average molecular weight is 274 g/mol. The summed E-state index contributed by atoms with van der Waals surface area (Å²) in [5.74, 6) is 0. The number of rotatable bonds is 5. The lowest BCUT2D eigenvalue weighted by molar-refractivity contribution is 0.573. The quantitative estimate of drug-likeness (QED) is 0.829. The van der Waals surface area contributed by atoms with Crippen LogP contribution in [0.5, 0.6) is 0 Å². The van der Waals surface area contributed by atoms with Crippen LogP contribution in [0.15, 0.2) is 48.5 Å². The van der Waals surface area contributed by atoms with Crippen LogP contribution in [0.25, 0.3) is 0 Å². The molecule has 2 aromatic carbocycles. The van der Waals surface area contributed by atoms with Gasteiger partial charge in [0.1, 0.15) is 0 Å². The summed E-state index contributed by atoms with van der Waals surface area (Å²) in [5, 5.41) is 4.37. The Kier molecular flexibility index (Phi) is 5.00. The predicted octanol–water partition coefficient (Wildman–Crippen LogP) is 4.75. The van der Waals surface area contributed by atoms with E-state index in [9.17, 15) is 0 Å². The van der Waals surface area contributed by atoms with E-state index in [1.807, 2.05) is 18.2 Å². The third-order valence-corrected chi connectivity index (χ3v) is 3.81. The van der Waals surface area contributed by atoms with Crippen molar-refractivity contribution in [2.24, 2.45) is 0 Å². The molecule has 0 spiro atoms. The minimum Gasteiger partial charge on any atom is -0.306 e. The summed E-state index contributed by atoms with van der Waals surface area (Å²) in [7, 11) is 0. The topological polar surface area (TPSA) is 12.0 Å². The number of benzene rings is 2. The van der Waals surface area contributed by atoms with Crippen molar-refractivity contribution in [1.82, 2.24) is 5.32 Å². The molecule has 0 aliphatic rings. The molecule has 19 heavy (non-hydrogen) atoms. The van der Waals surface area contributed by atoms with Gasteiger partial charge in [0.25, 0.3) is 0 Å². The van der Waals surface area contributed by atoms with Gasteiger partial charge in [-0.25, -0.2) is 0 Å². The second-order valence-electron chi connectivity index (χ2n) is 4.75. The van der Waals surface area contributed by atoms with Crippen molar-refractivity contribution in [3.05, 3.63) is 70.2 Å². The first-order chi connectivity index (χ1) is 9.22. The molecule has 0 fully saturated rings. The lowest BCUT2D eigenvalue weighted by Crippen LogP contribution is -2.19. The first-order valence-electron chi connectivity index (χ1n) is 6.77. The van der Waals surface area contributed by atoms with Gasteiger partial charge in [-0.3, -0.25) is 0 Å². The SMILES string of the molecule is CCc1ccccc1CN[C@H](C)c1ccccc1Cl. The number of hydrogen-bond acceptors (Lipinski definition) is 1. The summed E-state index contributed by atoms with van der Waals surface area (Å²) in [6, 6.07) is 16.8. The molecule has 0 radical (unpaired) electrons. The Morgan fingerprint density at radius 3 is 2.32 bits per heavy atom. The zero-order chi connectivity index (χ0) is 13.7. The monoisotopic (exact) mass is 273 g/mol. The van der Waals surface area contributed by atoms with Gasteiger partial charge in [0, 0.05) is 17.6 Å². The number of halogens is 1. The first-order valence-corrected chi connectivity index (χ1v) is 7.14. The molecular weight excluding hydrogens is 254 g/mol. The Morgan fingerprint density at radius 1 is 1.00 bits per heavy atom. The molecule has 0 aliphatic carbocycles. The number of aryl methyl sites for hydroxylation is 1. The van der Waals surface area contributed by atoms with Gasteiger partial charge < -0.3 is 5.32 Å². The van der Waals surface area contributed by atoms with Crippen LogP contribution in [0.4, 0.5) is 0 Å². The fraction of sp³-hybridized carbons (Fsp3) is 0.294. The molecule has 0 aliphatic heterocycles. The lowest BCUT2D eigenvalue weighted by Gasteiger charge is -2.17.